The maximum atomic E-state index is 5.43. The van der Waals surface area contributed by atoms with E-state index in [0.29, 0.717) is 12.6 Å². The van der Waals surface area contributed by atoms with Crippen LogP contribution in [-0.4, -0.2) is 25.8 Å². The fraction of sp³-hybridized carbons (Fsp3) is 0.533. The van der Waals surface area contributed by atoms with Gasteiger partial charge in [0.05, 0.1) is 4.47 Å². The monoisotopic (exact) mass is 353 g/mol. The standard InChI is InChI=1S/C15H20BrN3O2/c1-17-15(19-11-4-2-3-5-11)18-8-10-6-12(16)14-13(7-10)20-9-21-14/h6-7,11H,2-5,8-9H2,1H3,(H2,17,18,19). The Morgan fingerprint density at radius 1 is 1.33 bits per heavy atom. The van der Waals surface area contributed by atoms with Crippen LogP contribution >= 0.6 is 15.9 Å². The summed E-state index contributed by atoms with van der Waals surface area (Å²) in [6.45, 7) is 0.983. The summed E-state index contributed by atoms with van der Waals surface area (Å²) < 4.78 is 11.8. The number of nitrogens with one attached hydrogen (secondary N) is 2. The van der Waals surface area contributed by atoms with Gasteiger partial charge in [0.1, 0.15) is 0 Å². The molecule has 1 saturated carbocycles. The Bertz CT molecular complexity index is 542. The predicted molar refractivity (Wildman–Crippen MR) is 85.9 cm³/mol. The zero-order valence-electron chi connectivity index (χ0n) is 12.1. The van der Waals surface area contributed by atoms with Crippen molar-refractivity contribution in [2.75, 3.05) is 13.8 Å². The van der Waals surface area contributed by atoms with Crippen LogP contribution in [-0.2, 0) is 6.54 Å². The summed E-state index contributed by atoms with van der Waals surface area (Å²) in [5.74, 6) is 2.43. The van der Waals surface area contributed by atoms with E-state index in [1.54, 1.807) is 7.05 Å². The topological polar surface area (TPSA) is 54.9 Å². The highest BCUT2D eigenvalue weighted by molar-refractivity contribution is 9.10. The number of nitrogens with zero attached hydrogens (tertiary/aromatic N) is 1. The summed E-state index contributed by atoms with van der Waals surface area (Å²) >= 11 is 3.51. The lowest BCUT2D eigenvalue weighted by Crippen LogP contribution is -2.41. The van der Waals surface area contributed by atoms with Crippen LogP contribution in [0.3, 0.4) is 0 Å². The van der Waals surface area contributed by atoms with Crippen molar-refractivity contribution in [1.29, 1.82) is 0 Å². The molecule has 0 spiro atoms. The van der Waals surface area contributed by atoms with Gasteiger partial charge in [-0.2, -0.15) is 0 Å². The molecule has 0 amide bonds. The van der Waals surface area contributed by atoms with Crippen molar-refractivity contribution in [1.82, 2.24) is 10.6 Å². The molecule has 2 aliphatic rings. The molecule has 0 bridgehead atoms. The van der Waals surface area contributed by atoms with Crippen molar-refractivity contribution in [3.63, 3.8) is 0 Å². The second-order valence-electron chi connectivity index (χ2n) is 5.36. The number of guanidine groups is 1. The van der Waals surface area contributed by atoms with E-state index in [-0.39, 0.29) is 6.79 Å². The van der Waals surface area contributed by atoms with Crippen molar-refractivity contribution in [3.05, 3.63) is 22.2 Å². The van der Waals surface area contributed by atoms with Crippen LogP contribution in [0.2, 0.25) is 0 Å². The van der Waals surface area contributed by atoms with E-state index in [1.807, 2.05) is 12.1 Å². The Balaban J connectivity index is 1.60. The SMILES string of the molecule is CN=C(NCc1cc(Br)c2c(c1)OCO2)NC1CCCC1. The highest BCUT2D eigenvalue weighted by Crippen LogP contribution is 2.39. The number of ether oxygens (including phenoxy) is 2. The first-order chi connectivity index (χ1) is 10.3. The first-order valence-corrected chi connectivity index (χ1v) is 8.11. The second-order valence-corrected chi connectivity index (χ2v) is 6.22. The Morgan fingerprint density at radius 2 is 2.14 bits per heavy atom. The lowest BCUT2D eigenvalue weighted by atomic mass is 10.2. The summed E-state index contributed by atoms with van der Waals surface area (Å²) in [4.78, 5) is 4.29. The van der Waals surface area contributed by atoms with Gasteiger partial charge in [-0.1, -0.05) is 12.8 Å². The first kappa shape index (κ1) is 14.5. The van der Waals surface area contributed by atoms with Crippen LogP contribution in [0.4, 0.5) is 0 Å². The van der Waals surface area contributed by atoms with Crippen LogP contribution in [0.5, 0.6) is 11.5 Å². The van der Waals surface area contributed by atoms with Gasteiger partial charge >= 0.3 is 0 Å². The van der Waals surface area contributed by atoms with E-state index in [9.17, 15) is 0 Å². The lowest BCUT2D eigenvalue weighted by molar-refractivity contribution is 0.173. The van der Waals surface area contributed by atoms with E-state index >= 15 is 0 Å². The van der Waals surface area contributed by atoms with E-state index in [2.05, 4.69) is 31.6 Å². The third-order valence-corrected chi connectivity index (χ3v) is 4.46. The molecule has 21 heavy (non-hydrogen) atoms. The molecule has 5 nitrogen and oxygen atoms in total. The molecule has 0 unspecified atom stereocenters. The van der Waals surface area contributed by atoms with Gasteiger partial charge in [-0.05, 0) is 46.5 Å². The van der Waals surface area contributed by atoms with E-state index < -0.39 is 0 Å². The maximum absolute atomic E-state index is 5.43. The molecule has 1 aromatic carbocycles. The number of aliphatic imine (C=N–C) groups is 1. The zero-order chi connectivity index (χ0) is 14.7. The highest BCUT2D eigenvalue weighted by Gasteiger charge is 2.19. The van der Waals surface area contributed by atoms with E-state index in [1.165, 1.54) is 25.7 Å². The molecule has 0 aromatic heterocycles. The van der Waals surface area contributed by atoms with Crippen molar-refractivity contribution < 1.29 is 9.47 Å². The fourth-order valence-electron chi connectivity index (χ4n) is 2.77. The molecule has 1 aromatic rings. The summed E-state index contributed by atoms with van der Waals surface area (Å²) in [6, 6.07) is 4.60. The van der Waals surface area contributed by atoms with Gasteiger partial charge in [0.15, 0.2) is 17.5 Å². The van der Waals surface area contributed by atoms with Crippen LogP contribution < -0.4 is 20.1 Å². The number of rotatable bonds is 3. The van der Waals surface area contributed by atoms with Crippen LogP contribution in [0.1, 0.15) is 31.2 Å². The van der Waals surface area contributed by atoms with Gasteiger partial charge in [-0.15, -0.1) is 0 Å². The molecule has 0 saturated heterocycles. The van der Waals surface area contributed by atoms with Gasteiger partial charge in [0.2, 0.25) is 6.79 Å². The van der Waals surface area contributed by atoms with E-state index in [4.69, 9.17) is 9.47 Å². The molecule has 3 rings (SSSR count). The average Bonchev–Trinajstić information content (AvgIpc) is 3.14. The molecule has 1 fully saturated rings. The summed E-state index contributed by atoms with van der Waals surface area (Å²) in [7, 11) is 1.81. The van der Waals surface area contributed by atoms with E-state index in [0.717, 1.165) is 27.5 Å². The number of fused-ring (bicyclic) bond motifs is 1. The molecule has 6 heteroatoms. The third kappa shape index (κ3) is 3.43. The van der Waals surface area contributed by atoms with Crippen molar-refractivity contribution >= 4 is 21.9 Å². The first-order valence-electron chi connectivity index (χ1n) is 7.31. The highest BCUT2D eigenvalue weighted by atomic mass is 79.9. The molecular formula is C15H20BrN3O2. The second kappa shape index (κ2) is 6.56. The summed E-state index contributed by atoms with van der Waals surface area (Å²) in [5.41, 5.74) is 1.13. The molecule has 0 atom stereocenters. The predicted octanol–water partition coefficient (Wildman–Crippen LogP) is 2.79. The van der Waals surface area contributed by atoms with Gasteiger partial charge in [-0.3, -0.25) is 4.99 Å². The Kier molecular flexibility index (Phi) is 4.53. The molecule has 114 valence electrons. The number of hydrogen-bond donors (Lipinski definition) is 2. The lowest BCUT2D eigenvalue weighted by Gasteiger charge is -2.17. The number of halogens is 1. The number of hydrogen-bond acceptors (Lipinski definition) is 3. The molecule has 1 aliphatic heterocycles. The van der Waals surface area contributed by atoms with Crippen molar-refractivity contribution in [3.8, 4) is 11.5 Å². The minimum absolute atomic E-state index is 0.287. The van der Waals surface area contributed by atoms with Crippen molar-refractivity contribution in [2.24, 2.45) is 4.99 Å². The van der Waals surface area contributed by atoms with Crippen molar-refractivity contribution in [2.45, 2.75) is 38.3 Å². The normalized spacial score (nSPS) is 18.1. The Hall–Kier alpha value is -1.43. The van der Waals surface area contributed by atoms with Gasteiger partial charge in [0.25, 0.3) is 0 Å². The average molecular weight is 354 g/mol. The molecule has 2 N–H and O–H groups in total. The Labute approximate surface area is 133 Å². The van der Waals surface area contributed by atoms with Gasteiger partial charge in [0, 0.05) is 19.6 Å². The summed E-state index contributed by atoms with van der Waals surface area (Å²) in [5, 5.41) is 6.83. The quantitative estimate of drug-likeness (QED) is 0.648. The summed E-state index contributed by atoms with van der Waals surface area (Å²) in [6.07, 6.45) is 5.08. The molecule has 1 aliphatic carbocycles. The van der Waals surface area contributed by atoms with Crippen LogP contribution in [0.15, 0.2) is 21.6 Å². The smallest absolute Gasteiger partial charge is 0.231 e. The van der Waals surface area contributed by atoms with Crippen LogP contribution in [0, 0.1) is 0 Å². The number of benzene rings is 1. The minimum atomic E-state index is 0.287. The molecule has 1 heterocycles. The molecular weight excluding hydrogens is 334 g/mol. The van der Waals surface area contributed by atoms with Gasteiger partial charge in [-0.25, -0.2) is 0 Å². The minimum Gasteiger partial charge on any atom is -0.454 e. The zero-order valence-corrected chi connectivity index (χ0v) is 13.7. The fourth-order valence-corrected chi connectivity index (χ4v) is 3.37. The van der Waals surface area contributed by atoms with Gasteiger partial charge < -0.3 is 20.1 Å². The third-order valence-electron chi connectivity index (χ3n) is 3.87. The Morgan fingerprint density at radius 3 is 2.90 bits per heavy atom. The maximum Gasteiger partial charge on any atom is 0.231 e. The molecule has 0 radical (unpaired) electrons. The largest absolute Gasteiger partial charge is 0.454 e. The van der Waals surface area contributed by atoms with Crippen LogP contribution in [0.25, 0.3) is 0 Å².